The first-order chi connectivity index (χ1) is 8.33. The lowest BCUT2D eigenvalue weighted by molar-refractivity contribution is 0.235. The van der Waals surface area contributed by atoms with E-state index in [9.17, 15) is 0 Å². The lowest BCUT2D eigenvalue weighted by Crippen LogP contribution is -2.43. The summed E-state index contributed by atoms with van der Waals surface area (Å²) in [4.78, 5) is 2.45. The van der Waals surface area contributed by atoms with Gasteiger partial charge in [-0.05, 0) is 19.4 Å². The molecule has 17 heavy (non-hydrogen) atoms. The highest BCUT2D eigenvalue weighted by molar-refractivity contribution is 4.64. The maximum Gasteiger partial charge on any atom is 0.0128 e. The number of hydrazine groups is 1. The van der Waals surface area contributed by atoms with Crippen LogP contribution in [0.25, 0.3) is 0 Å². The first-order valence-electron chi connectivity index (χ1n) is 7.25. The van der Waals surface area contributed by atoms with E-state index in [1.165, 1.54) is 52.0 Å². The summed E-state index contributed by atoms with van der Waals surface area (Å²) in [6.45, 7) is 14.4. The van der Waals surface area contributed by atoms with Crippen molar-refractivity contribution in [1.29, 1.82) is 0 Å². The zero-order valence-corrected chi connectivity index (χ0v) is 12.0. The fourth-order valence-electron chi connectivity index (χ4n) is 1.95. The quantitative estimate of drug-likeness (QED) is 0.682. The molecule has 4 heteroatoms. The summed E-state index contributed by atoms with van der Waals surface area (Å²) in [5.41, 5.74) is 0. The maximum atomic E-state index is 5.47. The second-order valence-corrected chi connectivity index (χ2v) is 4.28. The number of hydrogen-bond donors (Lipinski definition) is 2. The molecule has 0 aromatic rings. The highest BCUT2D eigenvalue weighted by Crippen LogP contribution is 2.03. The summed E-state index contributed by atoms with van der Waals surface area (Å²) in [5.74, 6) is 5.47. The van der Waals surface area contributed by atoms with Crippen LogP contribution in [-0.2, 0) is 0 Å². The zero-order valence-electron chi connectivity index (χ0n) is 12.0. The van der Waals surface area contributed by atoms with Gasteiger partial charge < -0.3 is 10.2 Å². The Morgan fingerprint density at radius 2 is 1.47 bits per heavy atom. The highest BCUT2D eigenvalue weighted by atomic mass is 15.4. The third kappa shape index (κ3) is 9.53. The van der Waals surface area contributed by atoms with E-state index in [-0.39, 0.29) is 0 Å². The molecule has 0 aromatic heterocycles. The Hall–Kier alpha value is -0.160. The Labute approximate surface area is 107 Å². The van der Waals surface area contributed by atoms with Crippen LogP contribution in [0, 0.1) is 0 Å². The molecule has 0 radical (unpaired) electrons. The predicted octanol–water partition coefficient (Wildman–Crippen LogP) is 1.28. The predicted molar refractivity (Wildman–Crippen MR) is 75.9 cm³/mol. The fourth-order valence-corrected chi connectivity index (χ4v) is 1.95. The van der Waals surface area contributed by atoms with E-state index in [2.05, 4.69) is 17.1 Å². The monoisotopic (exact) mass is 244 g/mol. The molecule has 2 fully saturated rings. The minimum Gasteiger partial charge on any atom is -0.314 e. The van der Waals surface area contributed by atoms with Gasteiger partial charge in [-0.3, -0.25) is 5.84 Å². The first-order valence-corrected chi connectivity index (χ1v) is 7.25. The van der Waals surface area contributed by atoms with Crippen molar-refractivity contribution >= 4 is 0 Å². The molecule has 2 saturated heterocycles. The minimum atomic E-state index is 1.10. The average Bonchev–Trinajstić information content (AvgIpc) is 2.43. The Morgan fingerprint density at radius 3 is 1.76 bits per heavy atom. The van der Waals surface area contributed by atoms with Crippen molar-refractivity contribution in [1.82, 2.24) is 15.2 Å². The Bertz CT molecular complexity index is 140. The van der Waals surface area contributed by atoms with Crippen LogP contribution in [0.3, 0.4) is 0 Å². The number of nitrogens with one attached hydrogen (secondary N) is 1. The summed E-state index contributed by atoms with van der Waals surface area (Å²) in [6, 6.07) is 0. The lowest BCUT2D eigenvalue weighted by Gasteiger charge is -2.25. The van der Waals surface area contributed by atoms with Gasteiger partial charge in [0.2, 0.25) is 0 Å². The van der Waals surface area contributed by atoms with Gasteiger partial charge in [-0.1, -0.05) is 27.2 Å². The zero-order chi connectivity index (χ0) is 12.9. The van der Waals surface area contributed by atoms with Crippen molar-refractivity contribution in [2.75, 3.05) is 45.8 Å². The molecule has 2 aliphatic heterocycles. The molecule has 0 spiro atoms. The van der Waals surface area contributed by atoms with E-state index < -0.39 is 0 Å². The van der Waals surface area contributed by atoms with Gasteiger partial charge in [0.25, 0.3) is 0 Å². The van der Waals surface area contributed by atoms with Gasteiger partial charge in [0.05, 0.1) is 0 Å². The number of piperidine rings is 1. The standard InChI is InChI=1S/C6H14N2.C5H12N2.C2H6/c1-2-8-5-3-7-4-6-8;6-7-4-2-1-3-5-7;1-2/h7H,2-6H2,1H3;1-6H2;1-2H3. The van der Waals surface area contributed by atoms with Crippen LogP contribution in [0.4, 0.5) is 0 Å². The van der Waals surface area contributed by atoms with Crippen LogP contribution >= 0.6 is 0 Å². The van der Waals surface area contributed by atoms with Crippen molar-refractivity contribution in [2.45, 2.75) is 40.0 Å². The van der Waals surface area contributed by atoms with Crippen molar-refractivity contribution in [3.63, 3.8) is 0 Å². The molecule has 0 bridgehead atoms. The molecule has 0 saturated carbocycles. The highest BCUT2D eigenvalue weighted by Gasteiger charge is 2.04. The van der Waals surface area contributed by atoms with Crippen molar-refractivity contribution in [2.24, 2.45) is 5.84 Å². The summed E-state index contributed by atoms with van der Waals surface area (Å²) in [6.07, 6.45) is 3.95. The lowest BCUT2D eigenvalue weighted by atomic mass is 10.2. The van der Waals surface area contributed by atoms with Crippen LogP contribution in [-0.4, -0.2) is 55.7 Å². The number of nitrogens with zero attached hydrogens (tertiary/aromatic N) is 2. The molecule has 2 rings (SSSR count). The van der Waals surface area contributed by atoms with E-state index in [4.69, 9.17) is 5.84 Å². The SMILES string of the molecule is CC.CCN1CCNCC1.NN1CCCCC1. The van der Waals surface area contributed by atoms with E-state index in [1.54, 1.807) is 0 Å². The largest absolute Gasteiger partial charge is 0.314 e. The number of piperazine rings is 1. The first kappa shape index (κ1) is 16.8. The van der Waals surface area contributed by atoms with Crippen molar-refractivity contribution in [3.8, 4) is 0 Å². The van der Waals surface area contributed by atoms with Crippen LogP contribution in [0.2, 0.25) is 0 Å². The Balaban J connectivity index is 0.000000265. The second kappa shape index (κ2) is 12.3. The Morgan fingerprint density at radius 1 is 0.941 bits per heavy atom. The van der Waals surface area contributed by atoms with Crippen LogP contribution in [0.5, 0.6) is 0 Å². The van der Waals surface area contributed by atoms with Gasteiger partial charge in [-0.25, -0.2) is 5.01 Å². The van der Waals surface area contributed by atoms with Crippen LogP contribution in [0.15, 0.2) is 0 Å². The summed E-state index contributed by atoms with van der Waals surface area (Å²) in [7, 11) is 0. The third-order valence-corrected chi connectivity index (χ3v) is 3.05. The van der Waals surface area contributed by atoms with E-state index in [1.807, 2.05) is 18.9 Å². The van der Waals surface area contributed by atoms with Crippen molar-refractivity contribution < 1.29 is 0 Å². The number of rotatable bonds is 1. The molecule has 2 aliphatic rings. The minimum absolute atomic E-state index is 1.10. The maximum absolute atomic E-state index is 5.47. The van der Waals surface area contributed by atoms with E-state index in [0.29, 0.717) is 0 Å². The van der Waals surface area contributed by atoms with Gasteiger partial charge >= 0.3 is 0 Å². The molecular weight excluding hydrogens is 212 g/mol. The van der Waals surface area contributed by atoms with Gasteiger partial charge in [0.15, 0.2) is 0 Å². The molecule has 0 atom stereocenters. The van der Waals surface area contributed by atoms with E-state index in [0.717, 1.165) is 13.1 Å². The molecular formula is C13H32N4. The molecule has 0 unspecified atom stereocenters. The Kier molecular flexibility index (Phi) is 12.2. The molecule has 0 aliphatic carbocycles. The molecule has 3 N–H and O–H groups in total. The molecule has 4 nitrogen and oxygen atoms in total. The van der Waals surface area contributed by atoms with Gasteiger partial charge in [0, 0.05) is 39.3 Å². The smallest absolute Gasteiger partial charge is 0.0128 e. The van der Waals surface area contributed by atoms with Crippen LogP contribution in [0.1, 0.15) is 40.0 Å². The van der Waals surface area contributed by atoms with Gasteiger partial charge in [0.1, 0.15) is 0 Å². The molecule has 2 heterocycles. The normalized spacial score (nSPS) is 21.9. The fraction of sp³-hybridized carbons (Fsp3) is 1.00. The number of likely N-dealkylation sites (N-methyl/N-ethyl adjacent to an activating group) is 1. The van der Waals surface area contributed by atoms with E-state index >= 15 is 0 Å². The van der Waals surface area contributed by atoms with Gasteiger partial charge in [-0.15, -0.1) is 0 Å². The molecule has 0 amide bonds. The summed E-state index contributed by atoms with van der Waals surface area (Å²) in [5, 5.41) is 5.20. The average molecular weight is 244 g/mol. The summed E-state index contributed by atoms with van der Waals surface area (Å²) < 4.78 is 0. The second-order valence-electron chi connectivity index (χ2n) is 4.28. The van der Waals surface area contributed by atoms with Gasteiger partial charge in [-0.2, -0.15) is 0 Å². The molecule has 0 aromatic carbocycles. The third-order valence-electron chi connectivity index (χ3n) is 3.05. The number of hydrogen-bond acceptors (Lipinski definition) is 4. The topological polar surface area (TPSA) is 44.5 Å². The van der Waals surface area contributed by atoms with Crippen LogP contribution < -0.4 is 11.2 Å². The van der Waals surface area contributed by atoms with Crippen molar-refractivity contribution in [3.05, 3.63) is 0 Å². The number of nitrogens with two attached hydrogens (primary N) is 1. The molecule has 104 valence electrons. The summed E-state index contributed by atoms with van der Waals surface area (Å²) >= 11 is 0.